The van der Waals surface area contributed by atoms with E-state index in [9.17, 15) is 13.6 Å². The summed E-state index contributed by atoms with van der Waals surface area (Å²) in [4.78, 5) is 26.6. The third-order valence-corrected chi connectivity index (χ3v) is 4.89. The summed E-state index contributed by atoms with van der Waals surface area (Å²) in [6, 6.07) is 5.23. The van der Waals surface area contributed by atoms with Crippen molar-refractivity contribution in [2.24, 2.45) is 0 Å². The van der Waals surface area contributed by atoms with Crippen molar-refractivity contribution < 1.29 is 18.3 Å². The zero-order valence-corrected chi connectivity index (χ0v) is 16.4. The second-order valence-electron chi connectivity index (χ2n) is 7.03. The first-order valence-corrected chi connectivity index (χ1v) is 9.58. The molecule has 2 N–H and O–H groups in total. The van der Waals surface area contributed by atoms with Crippen LogP contribution in [0.3, 0.4) is 0 Å². The van der Waals surface area contributed by atoms with Gasteiger partial charge in [-0.3, -0.25) is 4.79 Å². The summed E-state index contributed by atoms with van der Waals surface area (Å²) in [7, 11) is 0. The minimum Gasteiger partial charge on any atom is -0.378 e. The van der Waals surface area contributed by atoms with Gasteiger partial charge in [-0.15, -0.1) is 0 Å². The Morgan fingerprint density at radius 3 is 2.80 bits per heavy atom. The van der Waals surface area contributed by atoms with E-state index in [2.05, 4.69) is 25.2 Å². The van der Waals surface area contributed by atoms with Gasteiger partial charge < -0.3 is 19.9 Å². The first-order chi connectivity index (χ1) is 14.5. The molecule has 7 nitrogen and oxygen atoms in total. The van der Waals surface area contributed by atoms with Gasteiger partial charge in [0.15, 0.2) is 11.6 Å². The number of aromatic nitrogens is 3. The highest BCUT2D eigenvalue weighted by Gasteiger charge is 2.17. The van der Waals surface area contributed by atoms with Gasteiger partial charge in [0.1, 0.15) is 5.69 Å². The predicted molar refractivity (Wildman–Crippen MR) is 107 cm³/mol. The predicted octanol–water partition coefficient (Wildman–Crippen LogP) is 2.82. The number of rotatable bonds is 5. The average Bonchev–Trinajstić information content (AvgIpc) is 3.25. The normalized spacial score (nSPS) is 14.0. The highest BCUT2D eigenvalue weighted by atomic mass is 19.2. The molecule has 1 amide bonds. The SMILES string of the molecule is Cc1cnc(N2CCOCC2)nc1-c1c[nH]c(C(=O)NCc2ccc(F)c(F)c2)c1. The number of nitrogens with one attached hydrogen (secondary N) is 2. The first kappa shape index (κ1) is 20.0. The number of carbonyl (C=O) groups excluding carboxylic acids is 1. The lowest BCUT2D eigenvalue weighted by Crippen LogP contribution is -2.37. The molecule has 0 atom stereocenters. The molecule has 1 saturated heterocycles. The second kappa shape index (κ2) is 8.58. The van der Waals surface area contributed by atoms with Crippen LogP contribution in [-0.4, -0.2) is 47.2 Å². The van der Waals surface area contributed by atoms with E-state index in [1.165, 1.54) is 6.07 Å². The number of carbonyl (C=O) groups is 1. The molecule has 0 aliphatic carbocycles. The van der Waals surface area contributed by atoms with Gasteiger partial charge >= 0.3 is 0 Å². The molecule has 1 aliphatic heterocycles. The summed E-state index contributed by atoms with van der Waals surface area (Å²) in [6.45, 7) is 4.73. The van der Waals surface area contributed by atoms with Crippen molar-refractivity contribution in [2.45, 2.75) is 13.5 Å². The number of ether oxygens (including phenoxy) is 1. The van der Waals surface area contributed by atoms with Crippen molar-refractivity contribution in [2.75, 3.05) is 31.2 Å². The van der Waals surface area contributed by atoms with Crippen LogP contribution in [0.1, 0.15) is 21.6 Å². The van der Waals surface area contributed by atoms with Gasteiger partial charge in [0.25, 0.3) is 5.91 Å². The third kappa shape index (κ3) is 4.30. The number of morpholine rings is 1. The Hall–Kier alpha value is -3.33. The molecule has 0 spiro atoms. The topological polar surface area (TPSA) is 83.1 Å². The van der Waals surface area contributed by atoms with E-state index in [-0.39, 0.29) is 12.5 Å². The van der Waals surface area contributed by atoms with Crippen LogP contribution in [0.2, 0.25) is 0 Å². The van der Waals surface area contributed by atoms with E-state index in [0.717, 1.165) is 42.0 Å². The van der Waals surface area contributed by atoms with Crippen LogP contribution >= 0.6 is 0 Å². The largest absolute Gasteiger partial charge is 0.378 e. The van der Waals surface area contributed by atoms with E-state index in [1.54, 1.807) is 18.5 Å². The number of anilines is 1. The fraction of sp³-hybridized carbons (Fsp3) is 0.286. The molecule has 3 heterocycles. The van der Waals surface area contributed by atoms with E-state index in [0.29, 0.717) is 30.4 Å². The number of nitrogens with zero attached hydrogens (tertiary/aromatic N) is 3. The lowest BCUT2D eigenvalue weighted by molar-refractivity contribution is 0.0946. The summed E-state index contributed by atoms with van der Waals surface area (Å²) in [5, 5.41) is 2.69. The molecule has 3 aromatic rings. The maximum atomic E-state index is 13.3. The highest BCUT2D eigenvalue weighted by Crippen LogP contribution is 2.24. The van der Waals surface area contributed by atoms with Crippen LogP contribution in [-0.2, 0) is 11.3 Å². The second-order valence-corrected chi connectivity index (χ2v) is 7.03. The van der Waals surface area contributed by atoms with Gasteiger partial charge in [-0.1, -0.05) is 6.07 Å². The van der Waals surface area contributed by atoms with Crippen molar-refractivity contribution in [3.63, 3.8) is 0 Å². The third-order valence-electron chi connectivity index (χ3n) is 4.89. The number of hydrogen-bond donors (Lipinski definition) is 2. The Bertz CT molecular complexity index is 1060. The van der Waals surface area contributed by atoms with E-state index in [1.807, 2.05) is 6.92 Å². The molecule has 9 heteroatoms. The van der Waals surface area contributed by atoms with Crippen LogP contribution in [0.25, 0.3) is 11.3 Å². The van der Waals surface area contributed by atoms with E-state index >= 15 is 0 Å². The number of aromatic amines is 1. The standard InChI is InChI=1S/C21H21F2N5O2/c1-13-10-26-21(28-4-6-30-7-5-28)27-19(13)15-9-18(24-12-15)20(29)25-11-14-2-3-16(22)17(23)8-14/h2-3,8-10,12,24H,4-7,11H2,1H3,(H,25,29). The molecule has 0 radical (unpaired) electrons. The van der Waals surface area contributed by atoms with Crippen LogP contribution < -0.4 is 10.2 Å². The molecular weight excluding hydrogens is 392 g/mol. The molecule has 156 valence electrons. The molecule has 1 aromatic carbocycles. The van der Waals surface area contributed by atoms with Gasteiger partial charge in [-0.25, -0.2) is 18.7 Å². The molecule has 4 rings (SSSR count). The fourth-order valence-electron chi connectivity index (χ4n) is 3.23. The molecule has 2 aromatic heterocycles. The lowest BCUT2D eigenvalue weighted by atomic mass is 10.1. The van der Waals surface area contributed by atoms with Gasteiger partial charge in [-0.05, 0) is 36.2 Å². The summed E-state index contributed by atoms with van der Waals surface area (Å²) in [6.07, 6.45) is 3.48. The Morgan fingerprint density at radius 2 is 2.03 bits per heavy atom. The maximum absolute atomic E-state index is 13.3. The van der Waals surface area contributed by atoms with E-state index < -0.39 is 11.6 Å². The van der Waals surface area contributed by atoms with Gasteiger partial charge in [0.05, 0.1) is 18.9 Å². The van der Waals surface area contributed by atoms with Crippen LogP contribution in [0.15, 0.2) is 36.7 Å². The van der Waals surface area contributed by atoms with Gasteiger partial charge in [0, 0.05) is 37.6 Å². The van der Waals surface area contributed by atoms with Crippen molar-refractivity contribution in [3.05, 3.63) is 65.1 Å². The maximum Gasteiger partial charge on any atom is 0.267 e. The minimum absolute atomic E-state index is 0.0814. The number of hydrogen-bond acceptors (Lipinski definition) is 5. The molecule has 30 heavy (non-hydrogen) atoms. The summed E-state index contributed by atoms with van der Waals surface area (Å²) < 4.78 is 31.7. The quantitative estimate of drug-likeness (QED) is 0.672. The van der Waals surface area contributed by atoms with E-state index in [4.69, 9.17) is 4.74 Å². The van der Waals surface area contributed by atoms with Crippen LogP contribution in [0.5, 0.6) is 0 Å². The van der Waals surface area contributed by atoms with Crippen molar-refractivity contribution >= 4 is 11.9 Å². The Morgan fingerprint density at radius 1 is 1.23 bits per heavy atom. The monoisotopic (exact) mass is 413 g/mol. The molecule has 1 aliphatic rings. The number of halogens is 2. The van der Waals surface area contributed by atoms with Crippen molar-refractivity contribution in [3.8, 4) is 11.3 Å². The number of aryl methyl sites for hydroxylation is 1. The Kier molecular flexibility index (Phi) is 5.71. The number of amides is 1. The minimum atomic E-state index is -0.945. The van der Waals surface area contributed by atoms with Crippen molar-refractivity contribution in [1.82, 2.24) is 20.3 Å². The zero-order valence-electron chi connectivity index (χ0n) is 16.4. The average molecular weight is 413 g/mol. The lowest BCUT2D eigenvalue weighted by Gasteiger charge is -2.27. The van der Waals surface area contributed by atoms with Crippen molar-refractivity contribution in [1.29, 1.82) is 0 Å². The Balaban J connectivity index is 1.47. The van der Waals surface area contributed by atoms with Gasteiger partial charge in [-0.2, -0.15) is 0 Å². The summed E-state index contributed by atoms with van der Waals surface area (Å²) >= 11 is 0. The Labute approximate surface area is 172 Å². The highest BCUT2D eigenvalue weighted by molar-refractivity contribution is 5.93. The van der Waals surface area contributed by atoms with Crippen LogP contribution in [0, 0.1) is 18.6 Å². The van der Waals surface area contributed by atoms with Crippen LogP contribution in [0.4, 0.5) is 14.7 Å². The molecule has 0 unspecified atom stereocenters. The smallest absolute Gasteiger partial charge is 0.267 e. The summed E-state index contributed by atoms with van der Waals surface area (Å²) in [5.74, 6) is -1.59. The number of benzene rings is 1. The molecule has 0 bridgehead atoms. The fourth-order valence-corrected chi connectivity index (χ4v) is 3.23. The van der Waals surface area contributed by atoms with Gasteiger partial charge in [0.2, 0.25) is 5.95 Å². The first-order valence-electron chi connectivity index (χ1n) is 9.58. The molecule has 1 fully saturated rings. The number of H-pyrrole nitrogens is 1. The zero-order chi connectivity index (χ0) is 21.1. The molecular formula is C21H21F2N5O2. The molecule has 0 saturated carbocycles. The summed E-state index contributed by atoms with van der Waals surface area (Å²) in [5.41, 5.74) is 3.21.